The summed E-state index contributed by atoms with van der Waals surface area (Å²) in [5.74, 6) is 0. The van der Waals surface area contributed by atoms with E-state index < -0.39 is 0 Å². The van der Waals surface area contributed by atoms with Gasteiger partial charge in [0, 0.05) is 38.8 Å². The maximum absolute atomic E-state index is 6.48. The Morgan fingerprint density at radius 1 is 0.339 bits per heavy atom. The molecule has 0 amide bonds. The topological polar surface area (TPSA) is 16.4 Å². The highest BCUT2D eigenvalue weighted by Gasteiger charge is 2.36. The van der Waals surface area contributed by atoms with Gasteiger partial charge in [-0.15, -0.1) is 0 Å². The Balaban J connectivity index is 1.06. The number of furan rings is 1. The quantitative estimate of drug-likeness (QED) is 0.178. The number of para-hydroxylation sites is 2. The van der Waals surface area contributed by atoms with Gasteiger partial charge in [-0.05, 0) is 115 Å². The van der Waals surface area contributed by atoms with Crippen molar-refractivity contribution < 1.29 is 4.42 Å². The first-order valence-electron chi connectivity index (χ1n) is 20.5. The number of anilines is 3. The second kappa shape index (κ2) is 12.8. The Morgan fingerprint density at radius 3 is 1.46 bits per heavy atom. The van der Waals surface area contributed by atoms with Crippen molar-refractivity contribution in [1.82, 2.24) is 0 Å². The fourth-order valence-electron chi connectivity index (χ4n) is 10.0. The molecule has 0 fully saturated rings. The lowest BCUT2D eigenvalue weighted by molar-refractivity contribution is 0.660. The molecular weight excluding hydrogens is 715 g/mol. The summed E-state index contributed by atoms with van der Waals surface area (Å²) in [6.07, 6.45) is 0. The van der Waals surface area contributed by atoms with Crippen LogP contribution in [0.5, 0.6) is 0 Å². The highest BCUT2D eigenvalue weighted by atomic mass is 16.3. The molecule has 0 N–H and O–H groups in total. The molecule has 0 atom stereocenters. The van der Waals surface area contributed by atoms with Crippen LogP contribution in [0, 0.1) is 0 Å². The first-order chi connectivity index (χ1) is 29.0. The van der Waals surface area contributed by atoms with Gasteiger partial charge in [0.15, 0.2) is 0 Å². The predicted octanol–water partition coefficient (Wildman–Crippen LogP) is 16.0. The molecule has 0 unspecified atom stereocenters. The summed E-state index contributed by atoms with van der Waals surface area (Å²) in [6, 6.07) is 73.4. The Hall–Kier alpha value is -7.42. The molecule has 0 saturated heterocycles. The zero-order valence-electron chi connectivity index (χ0n) is 32.9. The molecule has 0 aliphatic heterocycles. The summed E-state index contributed by atoms with van der Waals surface area (Å²) in [5, 5.41) is 2.27. The smallest absolute Gasteiger partial charge is 0.143 e. The van der Waals surface area contributed by atoms with E-state index in [1.54, 1.807) is 0 Å². The maximum Gasteiger partial charge on any atom is 0.143 e. The molecule has 9 aromatic carbocycles. The van der Waals surface area contributed by atoms with Crippen molar-refractivity contribution in [3.63, 3.8) is 0 Å². The molecule has 12 rings (SSSR count). The molecule has 2 aliphatic carbocycles. The van der Waals surface area contributed by atoms with Crippen LogP contribution >= 0.6 is 0 Å². The molecule has 0 saturated carbocycles. The van der Waals surface area contributed by atoms with E-state index in [1.807, 2.05) is 6.07 Å². The number of hydrogen-bond acceptors (Lipinski definition) is 2. The van der Waals surface area contributed by atoms with E-state index in [9.17, 15) is 0 Å². The summed E-state index contributed by atoms with van der Waals surface area (Å²) < 4.78 is 6.48. The van der Waals surface area contributed by atoms with Crippen LogP contribution in [0.2, 0.25) is 0 Å². The van der Waals surface area contributed by atoms with Gasteiger partial charge in [0.1, 0.15) is 11.2 Å². The van der Waals surface area contributed by atoms with Crippen molar-refractivity contribution in [3.05, 3.63) is 211 Å². The van der Waals surface area contributed by atoms with E-state index in [-0.39, 0.29) is 5.41 Å². The Bertz CT molecular complexity index is 3300. The summed E-state index contributed by atoms with van der Waals surface area (Å²) >= 11 is 0. The van der Waals surface area contributed by atoms with Crippen LogP contribution in [0.3, 0.4) is 0 Å². The normalized spacial score (nSPS) is 13.1. The third-order valence-electron chi connectivity index (χ3n) is 12.9. The number of benzene rings is 9. The molecule has 59 heavy (non-hydrogen) atoms. The van der Waals surface area contributed by atoms with Gasteiger partial charge in [-0.25, -0.2) is 0 Å². The van der Waals surface area contributed by atoms with Crippen LogP contribution in [0.15, 0.2) is 205 Å². The minimum atomic E-state index is -0.134. The standard InChI is InChI=1S/C57H39NO/c1-57(2)53-24-11-9-20-48(53)49-33-31-39(35-54(49)57)58(37-28-26-36(27-29-37)40-22-13-23-51-50-21-10-12-25-55(50)59-56(40)51)38-30-32-47-45-18-6-5-16-43(45)41-14-3-4-15-42(41)44-17-7-8-19-46(44)52(47)34-38/h3-35H,1-2H3. The fourth-order valence-corrected chi connectivity index (χ4v) is 10.0. The molecule has 2 heteroatoms. The predicted molar refractivity (Wildman–Crippen MR) is 247 cm³/mol. The average molecular weight is 754 g/mol. The van der Waals surface area contributed by atoms with Crippen LogP contribution in [0.4, 0.5) is 17.1 Å². The van der Waals surface area contributed by atoms with Crippen molar-refractivity contribution in [3.8, 4) is 66.8 Å². The molecule has 0 spiro atoms. The largest absolute Gasteiger partial charge is 0.455 e. The van der Waals surface area contributed by atoms with Crippen LogP contribution in [0.25, 0.3) is 88.7 Å². The van der Waals surface area contributed by atoms with Crippen LogP contribution in [-0.4, -0.2) is 0 Å². The highest BCUT2D eigenvalue weighted by molar-refractivity contribution is 6.10. The van der Waals surface area contributed by atoms with Gasteiger partial charge in [0.25, 0.3) is 0 Å². The van der Waals surface area contributed by atoms with E-state index in [2.05, 4.69) is 213 Å². The lowest BCUT2D eigenvalue weighted by Crippen LogP contribution is -2.16. The number of hydrogen-bond donors (Lipinski definition) is 0. The lowest BCUT2D eigenvalue weighted by atomic mass is 9.80. The Kier molecular flexibility index (Phi) is 7.31. The van der Waals surface area contributed by atoms with Gasteiger partial charge in [-0.2, -0.15) is 0 Å². The highest BCUT2D eigenvalue weighted by Crippen LogP contribution is 2.53. The van der Waals surface area contributed by atoms with Crippen molar-refractivity contribution in [2.75, 3.05) is 4.90 Å². The Labute approximate surface area is 344 Å². The van der Waals surface area contributed by atoms with E-state index in [0.717, 1.165) is 50.1 Å². The lowest BCUT2D eigenvalue weighted by Gasteiger charge is -2.30. The van der Waals surface area contributed by atoms with Crippen molar-refractivity contribution >= 4 is 39.0 Å². The van der Waals surface area contributed by atoms with Crippen molar-refractivity contribution in [2.45, 2.75) is 19.3 Å². The van der Waals surface area contributed by atoms with Gasteiger partial charge in [-0.3, -0.25) is 0 Å². The zero-order chi connectivity index (χ0) is 39.2. The summed E-state index contributed by atoms with van der Waals surface area (Å²) in [4.78, 5) is 2.44. The van der Waals surface area contributed by atoms with E-state index >= 15 is 0 Å². The monoisotopic (exact) mass is 753 g/mol. The molecule has 10 aromatic rings. The SMILES string of the molecule is CC1(C)c2ccccc2-c2ccc(N(c3ccc(-c4cccc5c4oc4ccccc45)cc3)c3ccc4c(c3)-c3ccccc3-c3ccccc3-c3ccccc3-4)cc21. The number of rotatable bonds is 4. The minimum absolute atomic E-state index is 0.134. The molecule has 1 heterocycles. The van der Waals surface area contributed by atoms with Crippen molar-refractivity contribution in [2.24, 2.45) is 0 Å². The van der Waals surface area contributed by atoms with Gasteiger partial charge in [0.2, 0.25) is 0 Å². The van der Waals surface area contributed by atoms with Crippen LogP contribution < -0.4 is 4.90 Å². The van der Waals surface area contributed by atoms with Gasteiger partial charge < -0.3 is 9.32 Å². The molecule has 2 nitrogen and oxygen atoms in total. The van der Waals surface area contributed by atoms with Gasteiger partial charge >= 0.3 is 0 Å². The van der Waals surface area contributed by atoms with Gasteiger partial charge in [-0.1, -0.05) is 172 Å². The van der Waals surface area contributed by atoms with Crippen molar-refractivity contribution in [1.29, 1.82) is 0 Å². The fraction of sp³-hybridized carbons (Fsp3) is 0.0526. The van der Waals surface area contributed by atoms with Crippen LogP contribution in [0.1, 0.15) is 25.0 Å². The minimum Gasteiger partial charge on any atom is -0.455 e. The summed E-state index contributed by atoms with van der Waals surface area (Å²) in [5.41, 5.74) is 22.5. The summed E-state index contributed by atoms with van der Waals surface area (Å²) in [6.45, 7) is 4.72. The molecule has 1 aromatic heterocycles. The second-order valence-corrected chi connectivity index (χ2v) is 16.4. The average Bonchev–Trinajstić information content (AvgIpc) is 3.78. The second-order valence-electron chi connectivity index (χ2n) is 16.4. The zero-order valence-corrected chi connectivity index (χ0v) is 32.9. The van der Waals surface area contributed by atoms with Crippen LogP contribution in [-0.2, 0) is 5.41 Å². The molecule has 0 bridgehead atoms. The molecule has 278 valence electrons. The van der Waals surface area contributed by atoms with E-state index in [0.29, 0.717) is 0 Å². The molecule has 0 radical (unpaired) electrons. The first-order valence-corrected chi connectivity index (χ1v) is 20.5. The Morgan fingerprint density at radius 2 is 0.797 bits per heavy atom. The van der Waals surface area contributed by atoms with E-state index in [1.165, 1.54) is 66.8 Å². The number of fused-ring (bicyclic) bond motifs is 14. The molecule has 2 aliphatic rings. The van der Waals surface area contributed by atoms with E-state index in [4.69, 9.17) is 4.42 Å². The third kappa shape index (κ3) is 5.06. The molecular formula is C57H39NO. The van der Waals surface area contributed by atoms with Gasteiger partial charge in [0.05, 0.1) is 0 Å². The summed E-state index contributed by atoms with van der Waals surface area (Å²) in [7, 11) is 0. The number of nitrogens with zero attached hydrogens (tertiary/aromatic N) is 1. The maximum atomic E-state index is 6.48. The third-order valence-corrected chi connectivity index (χ3v) is 12.9. The first kappa shape index (κ1) is 33.7.